The number of carbonyl (C=O) groups excluding carboxylic acids is 1. The zero-order chi connectivity index (χ0) is 16.1. The van der Waals surface area contributed by atoms with Gasteiger partial charge < -0.3 is 24.9 Å². The maximum Gasteiger partial charge on any atom is 0.315 e. The number of ether oxygens (including phenoxy) is 1. The van der Waals surface area contributed by atoms with Gasteiger partial charge in [0.15, 0.2) is 0 Å². The van der Waals surface area contributed by atoms with Crippen LogP contribution >= 0.6 is 0 Å². The van der Waals surface area contributed by atoms with Crippen molar-refractivity contribution in [3.63, 3.8) is 0 Å². The Morgan fingerprint density at radius 1 is 1.43 bits per heavy atom. The van der Waals surface area contributed by atoms with Gasteiger partial charge in [-0.15, -0.1) is 0 Å². The zero-order valence-electron chi connectivity index (χ0n) is 12.4. The van der Waals surface area contributed by atoms with E-state index in [1.165, 1.54) is 6.20 Å². The lowest BCUT2D eigenvalue weighted by Gasteiger charge is -2.10. The summed E-state index contributed by atoms with van der Waals surface area (Å²) in [7, 11) is 0. The number of amides is 2. The Labute approximate surface area is 131 Å². The highest BCUT2D eigenvalue weighted by Crippen LogP contribution is 2.11. The van der Waals surface area contributed by atoms with Crippen molar-refractivity contribution >= 4 is 6.03 Å². The van der Waals surface area contributed by atoms with Gasteiger partial charge in [0.25, 0.3) is 5.56 Å². The van der Waals surface area contributed by atoms with Crippen LogP contribution in [-0.2, 0) is 11.3 Å². The van der Waals surface area contributed by atoms with Gasteiger partial charge in [-0.3, -0.25) is 4.79 Å². The third-order valence-electron chi connectivity index (χ3n) is 3.44. The minimum absolute atomic E-state index is 0.0785. The molecule has 1 atom stereocenters. The Morgan fingerprint density at radius 3 is 3.13 bits per heavy atom. The molecule has 1 unspecified atom stereocenters. The standard InChI is InChI=1S/C14H17N5O4/c20-13-10(4-1-5-15-13)12-18-11(23-19-12)8-17-14(21)16-7-9-3-2-6-22-9/h1,4-5,9H,2-3,6-8H2,(H,15,20)(H2,16,17,21). The van der Waals surface area contributed by atoms with Crippen LogP contribution in [0, 0.1) is 0 Å². The number of nitrogens with one attached hydrogen (secondary N) is 3. The molecule has 1 saturated heterocycles. The average molecular weight is 319 g/mol. The molecule has 0 aromatic carbocycles. The maximum absolute atomic E-state index is 11.7. The van der Waals surface area contributed by atoms with Gasteiger partial charge in [0, 0.05) is 19.3 Å². The quantitative estimate of drug-likeness (QED) is 0.733. The van der Waals surface area contributed by atoms with Crippen molar-refractivity contribution in [2.45, 2.75) is 25.5 Å². The summed E-state index contributed by atoms with van der Waals surface area (Å²) >= 11 is 0. The predicted molar refractivity (Wildman–Crippen MR) is 79.6 cm³/mol. The van der Waals surface area contributed by atoms with Crippen molar-refractivity contribution in [1.29, 1.82) is 0 Å². The highest BCUT2D eigenvalue weighted by Gasteiger charge is 2.16. The summed E-state index contributed by atoms with van der Waals surface area (Å²) in [6.07, 6.45) is 3.59. The van der Waals surface area contributed by atoms with Crippen LogP contribution in [-0.4, -0.2) is 40.4 Å². The van der Waals surface area contributed by atoms with Crippen LogP contribution in [0.15, 0.2) is 27.6 Å². The molecular formula is C14H17N5O4. The Morgan fingerprint density at radius 2 is 2.35 bits per heavy atom. The first-order chi connectivity index (χ1) is 11.2. The van der Waals surface area contributed by atoms with Crippen LogP contribution in [0.4, 0.5) is 4.79 Å². The predicted octanol–water partition coefficient (Wildman–Crippen LogP) is 0.403. The molecule has 1 fully saturated rings. The van der Waals surface area contributed by atoms with E-state index in [-0.39, 0.29) is 36.0 Å². The van der Waals surface area contributed by atoms with Gasteiger partial charge in [0.2, 0.25) is 11.7 Å². The van der Waals surface area contributed by atoms with Crippen LogP contribution in [0.25, 0.3) is 11.4 Å². The number of carbonyl (C=O) groups is 1. The normalized spacial score (nSPS) is 17.1. The summed E-state index contributed by atoms with van der Waals surface area (Å²) in [6, 6.07) is 2.93. The van der Waals surface area contributed by atoms with Gasteiger partial charge in [-0.25, -0.2) is 4.79 Å². The lowest BCUT2D eigenvalue weighted by Crippen LogP contribution is -2.39. The summed E-state index contributed by atoms with van der Waals surface area (Å²) in [6.45, 7) is 1.30. The number of H-pyrrole nitrogens is 1. The fourth-order valence-electron chi connectivity index (χ4n) is 2.26. The van der Waals surface area contributed by atoms with Crippen molar-refractivity contribution in [1.82, 2.24) is 25.8 Å². The molecule has 0 radical (unpaired) electrons. The molecule has 9 heteroatoms. The van der Waals surface area contributed by atoms with E-state index in [9.17, 15) is 9.59 Å². The highest BCUT2D eigenvalue weighted by atomic mass is 16.5. The first-order valence-electron chi connectivity index (χ1n) is 7.36. The average Bonchev–Trinajstić information content (AvgIpc) is 3.23. The molecule has 3 rings (SSSR count). The molecule has 122 valence electrons. The SMILES string of the molecule is O=C(NCc1nc(-c2ccc[nH]c2=O)no1)NCC1CCCO1. The molecule has 0 spiro atoms. The molecule has 3 N–H and O–H groups in total. The number of hydrogen-bond acceptors (Lipinski definition) is 6. The van der Waals surface area contributed by atoms with Gasteiger partial charge in [0.05, 0.1) is 18.2 Å². The van der Waals surface area contributed by atoms with E-state index in [2.05, 4.69) is 25.8 Å². The topological polar surface area (TPSA) is 122 Å². The summed E-state index contributed by atoms with van der Waals surface area (Å²) < 4.78 is 10.4. The van der Waals surface area contributed by atoms with Crippen LogP contribution < -0.4 is 16.2 Å². The monoisotopic (exact) mass is 319 g/mol. The zero-order valence-corrected chi connectivity index (χ0v) is 12.4. The second kappa shape index (κ2) is 7.05. The van der Waals surface area contributed by atoms with Crippen molar-refractivity contribution in [2.24, 2.45) is 0 Å². The second-order valence-electron chi connectivity index (χ2n) is 5.12. The molecule has 0 bridgehead atoms. The van der Waals surface area contributed by atoms with Gasteiger partial charge >= 0.3 is 6.03 Å². The summed E-state index contributed by atoms with van der Waals surface area (Å²) in [5, 5.41) is 9.07. The highest BCUT2D eigenvalue weighted by molar-refractivity contribution is 5.73. The van der Waals surface area contributed by atoms with Gasteiger partial charge in [-0.2, -0.15) is 4.98 Å². The van der Waals surface area contributed by atoms with E-state index in [0.717, 1.165) is 19.4 Å². The molecule has 0 saturated carbocycles. The van der Waals surface area contributed by atoms with Crippen molar-refractivity contribution in [2.75, 3.05) is 13.2 Å². The third kappa shape index (κ3) is 3.95. The van der Waals surface area contributed by atoms with Crippen molar-refractivity contribution in [3.05, 3.63) is 34.6 Å². The van der Waals surface area contributed by atoms with E-state index in [1.54, 1.807) is 12.1 Å². The number of pyridine rings is 1. The van der Waals surface area contributed by atoms with Crippen molar-refractivity contribution < 1.29 is 14.1 Å². The summed E-state index contributed by atoms with van der Waals surface area (Å²) in [5.41, 5.74) is 0.00690. The van der Waals surface area contributed by atoms with Crippen LogP contribution in [0.1, 0.15) is 18.7 Å². The van der Waals surface area contributed by atoms with E-state index < -0.39 is 0 Å². The maximum atomic E-state index is 11.7. The molecule has 23 heavy (non-hydrogen) atoms. The number of nitrogens with zero attached hydrogens (tertiary/aromatic N) is 2. The number of aromatic nitrogens is 3. The van der Waals surface area contributed by atoms with Crippen molar-refractivity contribution in [3.8, 4) is 11.4 Å². The first-order valence-corrected chi connectivity index (χ1v) is 7.36. The molecular weight excluding hydrogens is 302 g/mol. The third-order valence-corrected chi connectivity index (χ3v) is 3.44. The molecule has 9 nitrogen and oxygen atoms in total. The van der Waals surface area contributed by atoms with Crippen LogP contribution in [0.3, 0.4) is 0 Å². The number of rotatable bonds is 5. The Hall–Kier alpha value is -2.68. The lowest BCUT2D eigenvalue weighted by atomic mass is 10.2. The molecule has 1 aliphatic heterocycles. The van der Waals surface area contributed by atoms with Gasteiger partial charge in [0.1, 0.15) is 0 Å². The van der Waals surface area contributed by atoms with E-state index in [4.69, 9.17) is 9.26 Å². The molecule has 1 aliphatic rings. The second-order valence-corrected chi connectivity index (χ2v) is 5.12. The summed E-state index contributed by atoms with van der Waals surface area (Å²) in [5.74, 6) is 0.402. The van der Waals surface area contributed by atoms with Crippen LogP contribution in [0.5, 0.6) is 0 Å². The van der Waals surface area contributed by atoms with E-state index in [0.29, 0.717) is 12.1 Å². The molecule has 2 amide bonds. The molecule has 2 aromatic heterocycles. The van der Waals surface area contributed by atoms with Gasteiger partial charge in [-0.05, 0) is 25.0 Å². The minimum atomic E-state index is -0.335. The number of aromatic amines is 1. The largest absolute Gasteiger partial charge is 0.376 e. The summed E-state index contributed by atoms with van der Waals surface area (Å²) in [4.78, 5) is 29.9. The molecule has 0 aliphatic carbocycles. The number of hydrogen-bond donors (Lipinski definition) is 3. The smallest absolute Gasteiger partial charge is 0.315 e. The number of urea groups is 1. The van der Waals surface area contributed by atoms with E-state index in [1.807, 2.05) is 0 Å². The fraction of sp³-hybridized carbons (Fsp3) is 0.429. The van der Waals surface area contributed by atoms with E-state index >= 15 is 0 Å². The lowest BCUT2D eigenvalue weighted by molar-refractivity contribution is 0.111. The Balaban J connectivity index is 1.50. The molecule has 3 heterocycles. The molecule has 2 aromatic rings. The Kier molecular flexibility index (Phi) is 4.67. The Bertz CT molecular complexity index is 720. The van der Waals surface area contributed by atoms with Gasteiger partial charge in [-0.1, -0.05) is 5.16 Å². The first kappa shape index (κ1) is 15.2. The van der Waals surface area contributed by atoms with Crippen LogP contribution in [0.2, 0.25) is 0 Å². The fourth-order valence-corrected chi connectivity index (χ4v) is 2.26. The minimum Gasteiger partial charge on any atom is -0.376 e.